The topological polar surface area (TPSA) is 30.7 Å². The van der Waals surface area contributed by atoms with Gasteiger partial charge in [0.05, 0.1) is 4.88 Å². The Hall–Kier alpha value is -1.68. The normalized spacial score (nSPS) is 15.4. The summed E-state index contributed by atoms with van der Waals surface area (Å²) in [7, 11) is 0. The summed E-state index contributed by atoms with van der Waals surface area (Å²) >= 11 is 1.80. The summed E-state index contributed by atoms with van der Waals surface area (Å²) in [5.41, 5.74) is 2.03. The van der Waals surface area contributed by atoms with Gasteiger partial charge in [0.1, 0.15) is 5.52 Å². The van der Waals surface area contributed by atoms with Crippen LogP contribution in [-0.2, 0) is 0 Å². The molecule has 0 radical (unpaired) electrons. The molecule has 0 spiro atoms. The fraction of sp³-hybridized carbons (Fsp3) is 0.286. The van der Waals surface area contributed by atoms with Crippen LogP contribution in [0.3, 0.4) is 0 Å². The van der Waals surface area contributed by atoms with Crippen LogP contribution < -0.4 is 0 Å². The molecule has 0 amide bonds. The van der Waals surface area contributed by atoms with Crippen LogP contribution in [0.15, 0.2) is 30.5 Å². The smallest absolute Gasteiger partial charge is 0.160 e. The van der Waals surface area contributed by atoms with E-state index in [2.05, 4.69) is 28.6 Å². The summed E-state index contributed by atoms with van der Waals surface area (Å²) in [5, 5.41) is 0. The maximum absolute atomic E-state index is 4.77. The molecule has 3 nitrogen and oxygen atoms in total. The van der Waals surface area contributed by atoms with Crippen molar-refractivity contribution in [2.75, 3.05) is 0 Å². The molecule has 3 aromatic heterocycles. The van der Waals surface area contributed by atoms with Crippen molar-refractivity contribution in [2.45, 2.75) is 25.8 Å². The first kappa shape index (κ1) is 10.3. The van der Waals surface area contributed by atoms with Gasteiger partial charge in [-0.05, 0) is 44.0 Å². The van der Waals surface area contributed by atoms with Gasteiger partial charge >= 0.3 is 0 Å². The van der Waals surface area contributed by atoms with E-state index >= 15 is 0 Å². The van der Waals surface area contributed by atoms with Crippen LogP contribution in [-0.4, -0.2) is 14.5 Å². The minimum atomic E-state index is 0.599. The average Bonchev–Trinajstić information content (AvgIpc) is 3.00. The van der Waals surface area contributed by atoms with Crippen molar-refractivity contribution in [3.8, 4) is 10.7 Å². The van der Waals surface area contributed by atoms with Crippen LogP contribution in [0.25, 0.3) is 21.9 Å². The molecule has 0 unspecified atom stereocenters. The van der Waals surface area contributed by atoms with Crippen molar-refractivity contribution in [1.29, 1.82) is 0 Å². The number of thiophene rings is 1. The fourth-order valence-electron chi connectivity index (χ4n) is 2.34. The lowest BCUT2D eigenvalue weighted by molar-refractivity contribution is 0.768. The van der Waals surface area contributed by atoms with Gasteiger partial charge in [-0.1, -0.05) is 0 Å². The monoisotopic (exact) mass is 255 g/mol. The van der Waals surface area contributed by atoms with Gasteiger partial charge < -0.3 is 4.57 Å². The highest BCUT2D eigenvalue weighted by Gasteiger charge is 2.29. The second-order valence-electron chi connectivity index (χ2n) is 4.79. The maximum Gasteiger partial charge on any atom is 0.160 e. The fourth-order valence-corrected chi connectivity index (χ4v) is 3.19. The minimum absolute atomic E-state index is 0.599. The third-order valence-corrected chi connectivity index (χ3v) is 4.32. The molecule has 4 rings (SSSR count). The van der Waals surface area contributed by atoms with Crippen molar-refractivity contribution in [3.05, 3.63) is 35.3 Å². The zero-order chi connectivity index (χ0) is 12.1. The van der Waals surface area contributed by atoms with Crippen LogP contribution in [0, 0.1) is 6.92 Å². The molecular weight excluding hydrogens is 242 g/mol. The molecule has 0 aliphatic heterocycles. The van der Waals surface area contributed by atoms with Gasteiger partial charge in [-0.2, -0.15) is 0 Å². The molecule has 3 aromatic rings. The van der Waals surface area contributed by atoms with Gasteiger partial charge in [0.15, 0.2) is 11.5 Å². The lowest BCUT2D eigenvalue weighted by atomic mass is 10.4. The summed E-state index contributed by atoms with van der Waals surface area (Å²) in [6.45, 7) is 2.14. The second-order valence-corrected chi connectivity index (χ2v) is 6.08. The standard InChI is InChI=1S/C14H13N3S/c1-9-4-7-12(18-9)14-16-11-3-2-8-15-13(11)17(14)10-5-6-10/h2-4,7-8,10H,5-6H2,1H3. The summed E-state index contributed by atoms with van der Waals surface area (Å²) < 4.78 is 2.32. The Labute approximate surface area is 109 Å². The molecule has 3 heterocycles. The average molecular weight is 255 g/mol. The Morgan fingerprint density at radius 1 is 1.28 bits per heavy atom. The predicted molar refractivity (Wildman–Crippen MR) is 73.8 cm³/mol. The number of aromatic nitrogens is 3. The van der Waals surface area contributed by atoms with Gasteiger partial charge in [0, 0.05) is 17.1 Å². The van der Waals surface area contributed by atoms with Crippen LogP contribution >= 0.6 is 11.3 Å². The molecule has 0 atom stereocenters. The summed E-state index contributed by atoms with van der Waals surface area (Å²) in [6.07, 6.45) is 4.35. The van der Waals surface area contributed by atoms with Gasteiger partial charge in [0.2, 0.25) is 0 Å². The number of rotatable bonds is 2. The molecule has 4 heteroatoms. The van der Waals surface area contributed by atoms with E-state index in [0.29, 0.717) is 6.04 Å². The number of hydrogen-bond acceptors (Lipinski definition) is 3. The number of imidazole rings is 1. The first-order valence-corrected chi connectivity index (χ1v) is 7.04. The first-order chi connectivity index (χ1) is 8.83. The van der Waals surface area contributed by atoms with Crippen LogP contribution in [0.5, 0.6) is 0 Å². The van der Waals surface area contributed by atoms with E-state index in [1.54, 1.807) is 11.3 Å². The van der Waals surface area contributed by atoms with Gasteiger partial charge in [-0.15, -0.1) is 11.3 Å². The molecular formula is C14H13N3S. The number of fused-ring (bicyclic) bond motifs is 1. The molecule has 0 bridgehead atoms. The van der Waals surface area contributed by atoms with E-state index in [9.17, 15) is 0 Å². The zero-order valence-electron chi connectivity index (χ0n) is 10.1. The molecule has 90 valence electrons. The highest BCUT2D eigenvalue weighted by molar-refractivity contribution is 7.15. The van der Waals surface area contributed by atoms with Gasteiger partial charge in [-0.25, -0.2) is 9.97 Å². The van der Waals surface area contributed by atoms with Gasteiger partial charge in [0.25, 0.3) is 0 Å². The predicted octanol–water partition coefficient (Wildman–Crippen LogP) is 3.80. The van der Waals surface area contributed by atoms with Gasteiger partial charge in [-0.3, -0.25) is 0 Å². The molecule has 0 aromatic carbocycles. The van der Waals surface area contributed by atoms with Crippen LogP contribution in [0.4, 0.5) is 0 Å². The molecule has 1 fully saturated rings. The highest BCUT2D eigenvalue weighted by atomic mass is 32.1. The van der Waals surface area contributed by atoms with Crippen molar-refractivity contribution in [3.63, 3.8) is 0 Å². The Bertz CT molecular complexity index is 722. The second kappa shape index (κ2) is 3.65. The Morgan fingerprint density at radius 3 is 2.89 bits per heavy atom. The van der Waals surface area contributed by atoms with Crippen molar-refractivity contribution in [1.82, 2.24) is 14.5 Å². The van der Waals surface area contributed by atoms with Crippen molar-refractivity contribution >= 4 is 22.5 Å². The van der Waals surface area contributed by atoms with E-state index in [0.717, 1.165) is 17.0 Å². The highest BCUT2D eigenvalue weighted by Crippen LogP contribution is 2.41. The molecule has 18 heavy (non-hydrogen) atoms. The quantitative estimate of drug-likeness (QED) is 0.697. The lowest BCUT2D eigenvalue weighted by Crippen LogP contribution is -1.97. The largest absolute Gasteiger partial charge is 0.305 e. The zero-order valence-corrected chi connectivity index (χ0v) is 10.9. The maximum atomic E-state index is 4.77. The van der Waals surface area contributed by atoms with Crippen molar-refractivity contribution < 1.29 is 0 Å². The molecule has 1 aliphatic carbocycles. The number of aryl methyl sites for hydroxylation is 1. The van der Waals surface area contributed by atoms with E-state index < -0.39 is 0 Å². The minimum Gasteiger partial charge on any atom is -0.305 e. The third kappa shape index (κ3) is 1.49. The molecule has 0 N–H and O–H groups in total. The van der Waals surface area contributed by atoms with Crippen molar-refractivity contribution in [2.24, 2.45) is 0 Å². The lowest BCUT2D eigenvalue weighted by Gasteiger charge is -2.04. The summed E-state index contributed by atoms with van der Waals surface area (Å²) in [4.78, 5) is 11.8. The number of hydrogen-bond donors (Lipinski definition) is 0. The van der Waals surface area contributed by atoms with E-state index in [1.807, 2.05) is 18.3 Å². The summed E-state index contributed by atoms with van der Waals surface area (Å²) in [6, 6.07) is 8.92. The van der Waals surface area contributed by atoms with E-state index in [4.69, 9.17) is 4.98 Å². The first-order valence-electron chi connectivity index (χ1n) is 6.23. The van der Waals surface area contributed by atoms with Crippen LogP contribution in [0.2, 0.25) is 0 Å². The molecule has 1 saturated carbocycles. The molecule has 1 aliphatic rings. The Kier molecular flexibility index (Phi) is 2.08. The molecule has 0 saturated heterocycles. The van der Waals surface area contributed by atoms with Crippen LogP contribution in [0.1, 0.15) is 23.8 Å². The SMILES string of the molecule is Cc1ccc(-c2nc3cccnc3n2C2CC2)s1. The van der Waals surface area contributed by atoms with E-state index in [1.165, 1.54) is 22.6 Å². The Balaban J connectivity index is 2.01. The van der Waals surface area contributed by atoms with E-state index in [-0.39, 0.29) is 0 Å². The number of nitrogens with zero attached hydrogens (tertiary/aromatic N) is 3. The third-order valence-electron chi connectivity index (χ3n) is 3.32. The summed E-state index contributed by atoms with van der Waals surface area (Å²) in [5.74, 6) is 1.09. The Morgan fingerprint density at radius 2 is 2.17 bits per heavy atom. The number of pyridine rings is 1.